The molecule has 3 rings (SSSR count). The zero-order chi connectivity index (χ0) is 13.2. The van der Waals surface area contributed by atoms with Crippen LogP contribution in [-0.2, 0) is 0 Å². The molecular weight excluding hydrogens is 265 g/mol. The first-order valence-electron chi connectivity index (χ1n) is 5.47. The number of rotatable bonds is 2. The van der Waals surface area contributed by atoms with Crippen molar-refractivity contribution in [3.8, 4) is 0 Å². The molecule has 0 saturated heterocycles. The number of hydrogen-bond donors (Lipinski definition) is 1. The fraction of sp³-hybridized carbons (Fsp3) is 0. The normalized spacial score (nSPS) is 10.6. The maximum Gasteiger partial charge on any atom is 0.275 e. The number of aromatic nitrogens is 2. The van der Waals surface area contributed by atoms with Crippen LogP contribution in [0.5, 0.6) is 0 Å². The summed E-state index contributed by atoms with van der Waals surface area (Å²) in [6.45, 7) is 0. The number of carbonyl (C=O) groups is 1. The van der Waals surface area contributed by atoms with E-state index in [1.165, 1.54) is 23.5 Å². The maximum atomic E-state index is 13.5. The molecule has 2 heterocycles. The van der Waals surface area contributed by atoms with Crippen LogP contribution in [0.2, 0.25) is 0 Å². The van der Waals surface area contributed by atoms with E-state index < -0.39 is 5.82 Å². The first kappa shape index (κ1) is 11.7. The third-order valence-electron chi connectivity index (χ3n) is 2.63. The highest BCUT2D eigenvalue weighted by atomic mass is 32.1. The van der Waals surface area contributed by atoms with Gasteiger partial charge in [0.15, 0.2) is 0 Å². The summed E-state index contributed by atoms with van der Waals surface area (Å²) in [5, 5.41) is 5.67. The second-order valence-corrected chi connectivity index (χ2v) is 4.60. The Morgan fingerprint density at radius 2 is 2.26 bits per heavy atom. The van der Waals surface area contributed by atoms with Gasteiger partial charge in [-0.05, 0) is 18.2 Å². The topological polar surface area (TPSA) is 54.9 Å². The van der Waals surface area contributed by atoms with Gasteiger partial charge in [-0.3, -0.25) is 9.78 Å². The first-order valence-corrected chi connectivity index (χ1v) is 6.41. The molecule has 2 aromatic heterocycles. The molecule has 3 aromatic rings. The SMILES string of the molecule is O=C(Nc1cc(F)cc2cnccc12)c1cscn1. The Hall–Kier alpha value is -2.34. The van der Waals surface area contributed by atoms with Crippen LogP contribution in [0.25, 0.3) is 10.8 Å². The van der Waals surface area contributed by atoms with Gasteiger partial charge >= 0.3 is 0 Å². The van der Waals surface area contributed by atoms with E-state index in [1.807, 2.05) is 0 Å². The lowest BCUT2D eigenvalue weighted by atomic mass is 10.1. The lowest BCUT2D eigenvalue weighted by molar-refractivity contribution is 0.102. The minimum absolute atomic E-state index is 0.316. The molecule has 6 heteroatoms. The second-order valence-electron chi connectivity index (χ2n) is 3.88. The Balaban J connectivity index is 2.03. The van der Waals surface area contributed by atoms with Crippen LogP contribution in [0, 0.1) is 5.82 Å². The van der Waals surface area contributed by atoms with Crippen LogP contribution in [0.15, 0.2) is 41.5 Å². The standard InChI is InChI=1S/C13H8FN3OS/c14-9-3-8-5-15-2-1-10(8)11(4-9)17-13(18)12-6-19-7-16-12/h1-7H,(H,17,18). The van der Waals surface area contributed by atoms with E-state index in [9.17, 15) is 9.18 Å². The van der Waals surface area contributed by atoms with Crippen molar-refractivity contribution in [2.75, 3.05) is 5.32 Å². The Morgan fingerprint density at radius 1 is 1.37 bits per heavy atom. The van der Waals surface area contributed by atoms with Crippen molar-refractivity contribution in [3.05, 3.63) is 53.0 Å². The molecule has 1 amide bonds. The molecule has 0 aliphatic rings. The largest absolute Gasteiger partial charge is 0.320 e. The van der Waals surface area contributed by atoms with E-state index in [-0.39, 0.29) is 5.91 Å². The van der Waals surface area contributed by atoms with Gasteiger partial charge in [0, 0.05) is 28.5 Å². The number of benzene rings is 1. The average molecular weight is 273 g/mol. The highest BCUT2D eigenvalue weighted by molar-refractivity contribution is 7.07. The van der Waals surface area contributed by atoms with Gasteiger partial charge in [-0.1, -0.05) is 0 Å². The van der Waals surface area contributed by atoms with E-state index in [0.29, 0.717) is 16.8 Å². The quantitative estimate of drug-likeness (QED) is 0.780. The molecule has 0 atom stereocenters. The Bertz CT molecular complexity index is 743. The van der Waals surface area contributed by atoms with Gasteiger partial charge in [-0.25, -0.2) is 9.37 Å². The summed E-state index contributed by atoms with van der Waals surface area (Å²) in [4.78, 5) is 19.8. The molecule has 94 valence electrons. The van der Waals surface area contributed by atoms with Crippen molar-refractivity contribution >= 4 is 33.7 Å². The molecule has 0 radical (unpaired) electrons. The van der Waals surface area contributed by atoms with Crippen molar-refractivity contribution in [1.29, 1.82) is 0 Å². The number of nitrogens with zero attached hydrogens (tertiary/aromatic N) is 2. The molecule has 0 bridgehead atoms. The molecule has 19 heavy (non-hydrogen) atoms. The molecule has 0 saturated carbocycles. The molecule has 1 aromatic carbocycles. The van der Waals surface area contributed by atoms with Crippen molar-refractivity contribution in [2.24, 2.45) is 0 Å². The third-order valence-corrected chi connectivity index (χ3v) is 3.22. The summed E-state index contributed by atoms with van der Waals surface area (Å²) in [6, 6.07) is 4.39. The molecule has 1 N–H and O–H groups in total. The maximum absolute atomic E-state index is 13.5. The van der Waals surface area contributed by atoms with Crippen molar-refractivity contribution in [1.82, 2.24) is 9.97 Å². The fourth-order valence-electron chi connectivity index (χ4n) is 1.79. The van der Waals surface area contributed by atoms with E-state index in [2.05, 4.69) is 15.3 Å². The van der Waals surface area contributed by atoms with Crippen LogP contribution in [-0.4, -0.2) is 15.9 Å². The Morgan fingerprint density at radius 3 is 3.05 bits per heavy atom. The highest BCUT2D eigenvalue weighted by Gasteiger charge is 2.11. The van der Waals surface area contributed by atoms with E-state index in [4.69, 9.17) is 0 Å². The van der Waals surface area contributed by atoms with Crippen LogP contribution < -0.4 is 5.32 Å². The van der Waals surface area contributed by atoms with E-state index >= 15 is 0 Å². The van der Waals surface area contributed by atoms with Gasteiger partial charge in [-0.2, -0.15) is 0 Å². The van der Waals surface area contributed by atoms with Crippen LogP contribution >= 0.6 is 11.3 Å². The first-order chi connectivity index (χ1) is 9.24. The highest BCUT2D eigenvalue weighted by Crippen LogP contribution is 2.24. The molecule has 0 spiro atoms. The van der Waals surface area contributed by atoms with Crippen molar-refractivity contribution < 1.29 is 9.18 Å². The number of carbonyl (C=O) groups excluding carboxylic acids is 1. The predicted molar refractivity (Wildman–Crippen MR) is 71.8 cm³/mol. The second kappa shape index (κ2) is 4.74. The summed E-state index contributed by atoms with van der Waals surface area (Å²) in [7, 11) is 0. The zero-order valence-corrected chi connectivity index (χ0v) is 10.4. The Labute approximate surface area is 111 Å². The van der Waals surface area contributed by atoms with Crippen LogP contribution in [0.1, 0.15) is 10.5 Å². The van der Waals surface area contributed by atoms with Crippen LogP contribution in [0.3, 0.4) is 0 Å². The minimum atomic E-state index is -0.422. The molecule has 0 aliphatic heterocycles. The number of thiazole rings is 1. The van der Waals surface area contributed by atoms with Crippen LogP contribution in [0.4, 0.5) is 10.1 Å². The van der Waals surface area contributed by atoms with Crippen molar-refractivity contribution in [3.63, 3.8) is 0 Å². The number of fused-ring (bicyclic) bond motifs is 1. The monoisotopic (exact) mass is 273 g/mol. The number of pyridine rings is 1. The van der Waals surface area contributed by atoms with E-state index in [0.717, 1.165) is 5.39 Å². The van der Waals surface area contributed by atoms with Gasteiger partial charge in [0.25, 0.3) is 5.91 Å². The molecule has 0 unspecified atom stereocenters. The summed E-state index contributed by atoms with van der Waals surface area (Å²) >= 11 is 1.33. The number of hydrogen-bond acceptors (Lipinski definition) is 4. The van der Waals surface area contributed by atoms with E-state index in [1.54, 1.807) is 29.4 Å². The summed E-state index contributed by atoms with van der Waals surface area (Å²) in [5.41, 5.74) is 2.30. The molecular formula is C13H8FN3OS. The summed E-state index contributed by atoms with van der Waals surface area (Å²) in [6.07, 6.45) is 3.15. The van der Waals surface area contributed by atoms with Crippen molar-refractivity contribution in [2.45, 2.75) is 0 Å². The average Bonchev–Trinajstić information content (AvgIpc) is 2.92. The number of halogens is 1. The minimum Gasteiger partial charge on any atom is -0.320 e. The number of nitrogens with one attached hydrogen (secondary N) is 1. The number of anilines is 1. The molecule has 0 fully saturated rings. The van der Waals surface area contributed by atoms with Gasteiger partial charge in [0.2, 0.25) is 0 Å². The molecule has 0 aliphatic carbocycles. The summed E-state index contributed by atoms with van der Waals surface area (Å²) < 4.78 is 13.5. The fourth-order valence-corrected chi connectivity index (χ4v) is 2.32. The zero-order valence-electron chi connectivity index (χ0n) is 9.63. The lowest BCUT2D eigenvalue weighted by Gasteiger charge is -2.07. The van der Waals surface area contributed by atoms with Gasteiger partial charge in [0.1, 0.15) is 11.5 Å². The van der Waals surface area contributed by atoms with Gasteiger partial charge < -0.3 is 5.32 Å². The Kier molecular flexibility index (Phi) is 2.92. The summed E-state index contributed by atoms with van der Waals surface area (Å²) in [5.74, 6) is -0.779. The van der Waals surface area contributed by atoms with Gasteiger partial charge in [0.05, 0.1) is 11.2 Å². The van der Waals surface area contributed by atoms with Gasteiger partial charge in [-0.15, -0.1) is 11.3 Å². The third kappa shape index (κ3) is 2.30. The smallest absolute Gasteiger partial charge is 0.275 e. The molecule has 4 nitrogen and oxygen atoms in total. The lowest BCUT2D eigenvalue weighted by Crippen LogP contribution is -2.12. The predicted octanol–water partition coefficient (Wildman–Crippen LogP) is 3.08. The number of amides is 1.